The molecule has 5 rings (SSSR count). The highest BCUT2D eigenvalue weighted by Crippen LogP contribution is 2.47. The number of hydrogen-bond donors (Lipinski definition) is 1. The van der Waals surface area contributed by atoms with E-state index in [0.29, 0.717) is 18.3 Å². The van der Waals surface area contributed by atoms with E-state index in [9.17, 15) is 26.0 Å². The lowest BCUT2D eigenvalue weighted by molar-refractivity contribution is -0.0500. The predicted octanol–water partition coefficient (Wildman–Crippen LogP) is 5.41. The first-order chi connectivity index (χ1) is 19.3. The van der Waals surface area contributed by atoms with E-state index in [2.05, 4.69) is 19.6 Å². The largest absolute Gasteiger partial charge is 0.534 e. The van der Waals surface area contributed by atoms with Crippen LogP contribution < -0.4 is 14.2 Å². The SMILES string of the molecule is COCCOc1cc(F)cc(F)c1-c1c(-c2cc3n(n2)C[C@@H](C)N[C@H]3C)nc(OS(=O)(=O)C(F)(F)F)c2ccsc12. The number of methoxy groups -OCH3 is 1. The summed E-state index contributed by atoms with van der Waals surface area (Å²) in [5.41, 5.74) is -5.33. The molecule has 0 fully saturated rings. The Morgan fingerprint density at radius 2 is 1.90 bits per heavy atom. The predicted molar refractivity (Wildman–Crippen MR) is 140 cm³/mol. The maximum absolute atomic E-state index is 15.6. The average Bonchev–Trinajstić information content (AvgIpc) is 3.51. The van der Waals surface area contributed by atoms with Gasteiger partial charge in [0, 0.05) is 36.9 Å². The second kappa shape index (κ2) is 10.8. The van der Waals surface area contributed by atoms with Crippen molar-refractivity contribution in [1.29, 1.82) is 0 Å². The Morgan fingerprint density at radius 3 is 2.61 bits per heavy atom. The Labute approximate surface area is 235 Å². The summed E-state index contributed by atoms with van der Waals surface area (Å²) in [6.45, 7) is 4.28. The summed E-state index contributed by atoms with van der Waals surface area (Å²) in [5, 5.41) is 9.23. The smallest absolute Gasteiger partial charge is 0.490 e. The Hall–Kier alpha value is -3.34. The zero-order valence-electron chi connectivity index (χ0n) is 21.8. The highest BCUT2D eigenvalue weighted by Gasteiger charge is 2.49. The van der Waals surface area contributed by atoms with E-state index in [-0.39, 0.29) is 63.6 Å². The summed E-state index contributed by atoms with van der Waals surface area (Å²) in [6, 6.07) is 4.35. The van der Waals surface area contributed by atoms with Gasteiger partial charge in [0.25, 0.3) is 0 Å². The van der Waals surface area contributed by atoms with Gasteiger partial charge in [0.05, 0.1) is 34.5 Å². The molecule has 16 heteroatoms. The average molecular weight is 619 g/mol. The molecule has 0 amide bonds. The molecule has 0 saturated carbocycles. The minimum atomic E-state index is -6.11. The third-order valence-corrected chi connectivity index (χ3v) is 8.21. The number of thiophene rings is 1. The van der Waals surface area contributed by atoms with Gasteiger partial charge in [-0.25, -0.2) is 13.8 Å². The summed E-state index contributed by atoms with van der Waals surface area (Å²) in [6.07, 6.45) is 0. The van der Waals surface area contributed by atoms with Crippen molar-refractivity contribution >= 4 is 31.5 Å². The van der Waals surface area contributed by atoms with Gasteiger partial charge >= 0.3 is 15.6 Å². The maximum atomic E-state index is 15.6. The molecule has 0 spiro atoms. The number of rotatable bonds is 8. The lowest BCUT2D eigenvalue weighted by Crippen LogP contribution is -2.39. The molecule has 2 atom stereocenters. The van der Waals surface area contributed by atoms with Crippen molar-refractivity contribution in [1.82, 2.24) is 20.1 Å². The molecule has 4 heterocycles. The van der Waals surface area contributed by atoms with Crippen molar-refractivity contribution in [2.45, 2.75) is 38.0 Å². The highest BCUT2D eigenvalue weighted by molar-refractivity contribution is 7.88. The fourth-order valence-electron chi connectivity index (χ4n) is 4.64. The fraction of sp³-hybridized carbons (Fsp3) is 0.360. The molecule has 0 bridgehead atoms. The molecule has 3 aromatic heterocycles. The zero-order chi connectivity index (χ0) is 29.7. The molecule has 1 aromatic carbocycles. The normalized spacial score (nSPS) is 17.6. The molecule has 4 aromatic rings. The molecule has 1 aliphatic heterocycles. The van der Waals surface area contributed by atoms with Crippen LogP contribution in [0.3, 0.4) is 0 Å². The lowest BCUT2D eigenvalue weighted by Gasteiger charge is -2.27. The molecule has 9 nitrogen and oxygen atoms in total. The number of pyridine rings is 1. The first-order valence-electron chi connectivity index (χ1n) is 12.2. The van der Waals surface area contributed by atoms with Crippen LogP contribution in [0.25, 0.3) is 32.6 Å². The molecule has 0 radical (unpaired) electrons. The van der Waals surface area contributed by atoms with Gasteiger partial charge in [0.2, 0.25) is 5.88 Å². The Balaban J connectivity index is 1.82. The molecule has 220 valence electrons. The Kier molecular flexibility index (Phi) is 7.69. The standard InChI is InChI=1S/C25H23F5N4O5S2/c1-12-11-34-18(13(2)31-12)10-17(33-34)22-21(20-16(27)8-14(26)9-19(20)38-6-5-37-3)23-15(4-7-40-23)24(32-22)39-41(35,36)25(28,29)30/h4,7-10,12-13,31H,5-6,11H2,1-3H3/t12-,13+/m1/s1. The number of nitrogens with one attached hydrogen (secondary N) is 1. The fourth-order valence-corrected chi connectivity index (χ4v) is 6.00. The number of ether oxygens (including phenoxy) is 2. The monoisotopic (exact) mass is 618 g/mol. The van der Waals surface area contributed by atoms with Gasteiger partial charge in [0.15, 0.2) is 0 Å². The van der Waals surface area contributed by atoms with Crippen LogP contribution in [0.5, 0.6) is 11.6 Å². The third-order valence-electron chi connectivity index (χ3n) is 6.34. The van der Waals surface area contributed by atoms with E-state index in [0.717, 1.165) is 17.4 Å². The van der Waals surface area contributed by atoms with E-state index >= 15 is 4.39 Å². The molecule has 41 heavy (non-hydrogen) atoms. The van der Waals surface area contributed by atoms with Crippen molar-refractivity contribution in [3.05, 3.63) is 47.0 Å². The van der Waals surface area contributed by atoms with Gasteiger partial charge in [-0.2, -0.15) is 26.7 Å². The van der Waals surface area contributed by atoms with Crippen molar-refractivity contribution in [3.8, 4) is 34.1 Å². The second-order valence-corrected chi connectivity index (χ2v) is 11.8. The number of alkyl halides is 3. The van der Waals surface area contributed by atoms with E-state index < -0.39 is 33.1 Å². The third kappa shape index (κ3) is 5.48. The summed E-state index contributed by atoms with van der Waals surface area (Å²) in [4.78, 5) is 4.18. The molecule has 1 aliphatic rings. The minimum Gasteiger partial charge on any atom is -0.490 e. The van der Waals surface area contributed by atoms with Gasteiger partial charge in [-0.05, 0) is 31.4 Å². The van der Waals surface area contributed by atoms with Gasteiger partial charge < -0.3 is 19.0 Å². The summed E-state index contributed by atoms with van der Waals surface area (Å²) >= 11 is 0.967. The van der Waals surface area contributed by atoms with E-state index in [1.807, 2.05) is 13.8 Å². The van der Waals surface area contributed by atoms with E-state index in [4.69, 9.17) is 9.47 Å². The summed E-state index contributed by atoms with van der Waals surface area (Å²) in [5.74, 6) is -3.06. The van der Waals surface area contributed by atoms with Gasteiger partial charge in [-0.3, -0.25) is 4.68 Å². The van der Waals surface area contributed by atoms with Gasteiger partial charge in [-0.1, -0.05) is 0 Å². The zero-order valence-corrected chi connectivity index (χ0v) is 23.4. The van der Waals surface area contributed by atoms with E-state index in [1.54, 1.807) is 10.7 Å². The molecular formula is C25H23F5N4O5S2. The highest BCUT2D eigenvalue weighted by atomic mass is 32.2. The van der Waals surface area contributed by atoms with Crippen LogP contribution in [0.2, 0.25) is 0 Å². The Bertz CT molecular complexity index is 1720. The van der Waals surface area contributed by atoms with Crippen molar-refractivity contribution in [2.24, 2.45) is 0 Å². The van der Waals surface area contributed by atoms with Crippen LogP contribution in [0.1, 0.15) is 25.6 Å². The van der Waals surface area contributed by atoms with Gasteiger partial charge in [-0.15, -0.1) is 11.3 Å². The number of fused-ring (bicyclic) bond motifs is 2. The Morgan fingerprint density at radius 1 is 1.15 bits per heavy atom. The summed E-state index contributed by atoms with van der Waals surface area (Å²) < 4.78 is 111. The first kappa shape index (κ1) is 29.2. The first-order valence-corrected chi connectivity index (χ1v) is 14.5. The van der Waals surface area contributed by atoms with Crippen molar-refractivity contribution in [3.63, 3.8) is 0 Å². The van der Waals surface area contributed by atoms with Crippen LogP contribution in [-0.2, 0) is 21.4 Å². The van der Waals surface area contributed by atoms with Gasteiger partial charge in [0.1, 0.15) is 35.4 Å². The quantitative estimate of drug-likeness (QED) is 0.121. The van der Waals surface area contributed by atoms with Crippen LogP contribution in [0.15, 0.2) is 29.6 Å². The number of nitrogens with zero attached hydrogens (tertiary/aromatic N) is 3. The molecule has 0 unspecified atom stereocenters. The maximum Gasteiger partial charge on any atom is 0.534 e. The lowest BCUT2D eigenvalue weighted by atomic mass is 9.98. The number of hydrogen-bond acceptors (Lipinski definition) is 9. The minimum absolute atomic E-state index is 0.0146. The second-order valence-electron chi connectivity index (χ2n) is 9.32. The summed E-state index contributed by atoms with van der Waals surface area (Å²) in [7, 11) is -4.69. The molecule has 0 aliphatic carbocycles. The van der Waals surface area contributed by atoms with Crippen molar-refractivity contribution in [2.75, 3.05) is 20.3 Å². The van der Waals surface area contributed by atoms with Crippen LogP contribution in [0, 0.1) is 11.6 Å². The van der Waals surface area contributed by atoms with Crippen LogP contribution in [0.4, 0.5) is 22.0 Å². The molecule has 0 saturated heterocycles. The van der Waals surface area contributed by atoms with Crippen molar-refractivity contribution < 1.29 is 44.0 Å². The molecule has 1 N–H and O–H groups in total. The van der Waals surface area contributed by atoms with Crippen LogP contribution in [-0.4, -0.2) is 55.1 Å². The number of aromatic nitrogens is 3. The number of halogens is 5. The topological polar surface area (TPSA) is 105 Å². The van der Waals surface area contributed by atoms with Crippen LogP contribution >= 0.6 is 11.3 Å². The molecular weight excluding hydrogens is 595 g/mol. The van der Waals surface area contributed by atoms with E-state index in [1.165, 1.54) is 18.6 Å². The number of benzene rings is 1.